The molecule has 1 aliphatic heterocycles. The lowest BCUT2D eigenvalue weighted by molar-refractivity contribution is -0.122. The monoisotopic (exact) mass is 430 g/mol. The predicted octanol–water partition coefficient (Wildman–Crippen LogP) is 3.76. The maximum Gasteiger partial charge on any atom is 0.234 e. The number of nitrogens with zero attached hydrogens (tertiary/aromatic N) is 3. The van der Waals surface area contributed by atoms with Crippen LogP contribution in [0.1, 0.15) is 22.9 Å². The van der Waals surface area contributed by atoms with Gasteiger partial charge in [0.1, 0.15) is 5.82 Å². The number of hydrogen-bond acceptors (Lipinski definition) is 6. The second kappa shape index (κ2) is 9.47. The number of benzene rings is 1. The van der Waals surface area contributed by atoms with E-state index in [0.29, 0.717) is 6.54 Å². The van der Waals surface area contributed by atoms with Gasteiger partial charge < -0.3 is 10.2 Å². The lowest BCUT2D eigenvalue weighted by atomic mass is 10.1. The van der Waals surface area contributed by atoms with Crippen LogP contribution >= 0.6 is 22.7 Å². The average molecular weight is 431 g/mol. The highest BCUT2D eigenvalue weighted by atomic mass is 32.1. The second-order valence-corrected chi connectivity index (χ2v) is 8.85. The molecule has 1 aliphatic rings. The van der Waals surface area contributed by atoms with Gasteiger partial charge in [0.05, 0.1) is 12.6 Å². The Hall–Kier alpha value is -2.29. The van der Waals surface area contributed by atoms with E-state index in [-0.39, 0.29) is 17.8 Å². The molecule has 4 rings (SSSR count). The van der Waals surface area contributed by atoms with E-state index in [4.69, 9.17) is 0 Å². The number of anilines is 1. The molecule has 2 aromatic heterocycles. The zero-order chi connectivity index (χ0) is 20.1. The van der Waals surface area contributed by atoms with Gasteiger partial charge in [0.25, 0.3) is 0 Å². The number of aromatic nitrogens is 1. The van der Waals surface area contributed by atoms with Crippen LogP contribution in [0.15, 0.2) is 53.4 Å². The van der Waals surface area contributed by atoms with Crippen LogP contribution in [0.25, 0.3) is 0 Å². The van der Waals surface area contributed by atoms with Crippen molar-refractivity contribution in [2.24, 2.45) is 0 Å². The first-order chi connectivity index (χ1) is 14.2. The van der Waals surface area contributed by atoms with E-state index in [0.717, 1.165) is 48.2 Å². The molecular weight excluding hydrogens is 407 g/mol. The van der Waals surface area contributed by atoms with Crippen molar-refractivity contribution >= 4 is 33.7 Å². The summed E-state index contributed by atoms with van der Waals surface area (Å²) >= 11 is 3.24. The minimum Gasteiger partial charge on any atom is -0.347 e. The Morgan fingerprint density at radius 2 is 1.97 bits per heavy atom. The third kappa shape index (κ3) is 5.20. The first kappa shape index (κ1) is 20.0. The van der Waals surface area contributed by atoms with Gasteiger partial charge in [-0.25, -0.2) is 9.37 Å². The number of halogens is 1. The van der Waals surface area contributed by atoms with Crippen molar-refractivity contribution in [2.45, 2.75) is 12.5 Å². The Kier molecular flexibility index (Phi) is 6.53. The van der Waals surface area contributed by atoms with E-state index in [1.807, 2.05) is 29.1 Å². The number of thiophene rings is 1. The summed E-state index contributed by atoms with van der Waals surface area (Å²) < 4.78 is 13.3. The smallest absolute Gasteiger partial charge is 0.234 e. The molecule has 152 valence electrons. The molecule has 1 saturated heterocycles. The minimum atomic E-state index is -0.278. The molecule has 8 heteroatoms. The zero-order valence-electron chi connectivity index (χ0n) is 16.0. The van der Waals surface area contributed by atoms with E-state index in [9.17, 15) is 9.18 Å². The molecule has 0 bridgehead atoms. The second-order valence-electron chi connectivity index (χ2n) is 7.00. The molecule has 0 radical (unpaired) electrons. The van der Waals surface area contributed by atoms with Crippen LogP contribution < -0.4 is 10.2 Å². The molecule has 0 unspecified atom stereocenters. The molecule has 0 saturated carbocycles. The van der Waals surface area contributed by atoms with Crippen molar-refractivity contribution < 1.29 is 9.18 Å². The van der Waals surface area contributed by atoms with Crippen molar-refractivity contribution in [1.82, 2.24) is 15.2 Å². The van der Waals surface area contributed by atoms with Crippen molar-refractivity contribution in [2.75, 3.05) is 37.6 Å². The average Bonchev–Trinajstić information content (AvgIpc) is 3.40. The molecule has 1 N–H and O–H groups in total. The first-order valence-electron chi connectivity index (χ1n) is 9.64. The lowest BCUT2D eigenvalue weighted by Gasteiger charge is -2.23. The van der Waals surface area contributed by atoms with Crippen LogP contribution in [0.5, 0.6) is 0 Å². The first-order valence-corrected chi connectivity index (χ1v) is 11.4. The van der Waals surface area contributed by atoms with Gasteiger partial charge >= 0.3 is 0 Å². The molecule has 0 aliphatic carbocycles. The Morgan fingerprint density at radius 3 is 2.69 bits per heavy atom. The molecule has 3 heterocycles. The van der Waals surface area contributed by atoms with E-state index < -0.39 is 0 Å². The summed E-state index contributed by atoms with van der Waals surface area (Å²) in [7, 11) is 0. The third-order valence-electron chi connectivity index (χ3n) is 4.98. The summed E-state index contributed by atoms with van der Waals surface area (Å²) in [4.78, 5) is 22.7. The summed E-state index contributed by atoms with van der Waals surface area (Å²) in [5.41, 5.74) is 0.882. The Morgan fingerprint density at radius 1 is 1.10 bits per heavy atom. The number of amides is 1. The summed E-state index contributed by atoms with van der Waals surface area (Å²) in [6.45, 7) is 3.89. The number of carbonyl (C=O) groups is 1. The largest absolute Gasteiger partial charge is 0.347 e. The minimum absolute atomic E-state index is 0.0181. The number of hydrogen-bond donors (Lipinski definition) is 1. The molecule has 1 atom stereocenters. The van der Waals surface area contributed by atoms with Gasteiger partial charge in [-0.1, -0.05) is 18.2 Å². The fraction of sp³-hybridized carbons (Fsp3) is 0.333. The highest BCUT2D eigenvalue weighted by Crippen LogP contribution is 2.26. The van der Waals surface area contributed by atoms with Crippen LogP contribution in [0, 0.1) is 5.82 Å². The van der Waals surface area contributed by atoms with Gasteiger partial charge in [-0.3, -0.25) is 9.69 Å². The molecule has 1 amide bonds. The summed E-state index contributed by atoms with van der Waals surface area (Å²) in [5.74, 6) is -0.296. The molecule has 1 fully saturated rings. The van der Waals surface area contributed by atoms with Gasteiger partial charge in [-0.2, -0.15) is 0 Å². The normalized spacial score (nSPS) is 16.4. The number of nitrogens with one attached hydrogen (secondary N) is 1. The van der Waals surface area contributed by atoms with E-state index in [1.165, 1.54) is 12.1 Å². The van der Waals surface area contributed by atoms with Crippen molar-refractivity contribution in [3.8, 4) is 0 Å². The van der Waals surface area contributed by atoms with Gasteiger partial charge in [0.2, 0.25) is 5.91 Å². The standard InChI is InChI=1S/C21H23FN4OS2/c22-17-6-4-16(5-7-17)20(18-3-1-13-28-18)24-19(27)15-25-9-2-10-26(12-11-25)21-23-8-14-29-21/h1,3-8,13-14,20H,2,9-12,15H2,(H,24,27)/t20-/m0/s1. The molecule has 0 spiro atoms. The van der Waals surface area contributed by atoms with E-state index >= 15 is 0 Å². The molecule has 29 heavy (non-hydrogen) atoms. The zero-order valence-corrected chi connectivity index (χ0v) is 17.6. The Balaban J connectivity index is 1.38. The fourth-order valence-corrected chi connectivity index (χ4v) is 5.03. The van der Waals surface area contributed by atoms with Crippen LogP contribution in [-0.4, -0.2) is 48.5 Å². The van der Waals surface area contributed by atoms with E-state index in [1.54, 1.807) is 34.8 Å². The van der Waals surface area contributed by atoms with Gasteiger partial charge in [-0.05, 0) is 35.6 Å². The van der Waals surface area contributed by atoms with Crippen molar-refractivity contribution in [1.29, 1.82) is 0 Å². The van der Waals surface area contributed by atoms with Crippen molar-refractivity contribution in [3.63, 3.8) is 0 Å². The summed E-state index contributed by atoms with van der Waals surface area (Å²) in [5, 5.41) is 8.17. The van der Waals surface area contributed by atoms with Crippen LogP contribution in [0.4, 0.5) is 9.52 Å². The Labute approximate surface area is 177 Å². The predicted molar refractivity (Wildman–Crippen MR) is 116 cm³/mol. The number of carbonyl (C=O) groups excluding carboxylic acids is 1. The third-order valence-corrected chi connectivity index (χ3v) is 6.75. The fourth-order valence-electron chi connectivity index (χ4n) is 3.53. The van der Waals surface area contributed by atoms with Crippen molar-refractivity contribution in [3.05, 3.63) is 69.6 Å². The van der Waals surface area contributed by atoms with Gasteiger partial charge in [0, 0.05) is 42.6 Å². The Bertz CT molecular complexity index is 899. The van der Waals surface area contributed by atoms with Gasteiger partial charge in [0.15, 0.2) is 5.13 Å². The SMILES string of the molecule is O=C(CN1CCCN(c2nccs2)CC1)N[C@@H](c1ccc(F)cc1)c1cccs1. The van der Waals surface area contributed by atoms with Crippen LogP contribution in [0.2, 0.25) is 0 Å². The molecular formula is C21H23FN4OS2. The van der Waals surface area contributed by atoms with E-state index in [2.05, 4.69) is 20.1 Å². The highest BCUT2D eigenvalue weighted by molar-refractivity contribution is 7.13. The maximum atomic E-state index is 13.3. The summed E-state index contributed by atoms with van der Waals surface area (Å²) in [6, 6.07) is 10.0. The number of thiazole rings is 1. The molecule has 3 aromatic rings. The van der Waals surface area contributed by atoms with Gasteiger partial charge in [-0.15, -0.1) is 22.7 Å². The molecule has 5 nitrogen and oxygen atoms in total. The van der Waals surface area contributed by atoms with Crippen LogP contribution in [0.3, 0.4) is 0 Å². The highest BCUT2D eigenvalue weighted by Gasteiger charge is 2.22. The topological polar surface area (TPSA) is 48.5 Å². The quantitative estimate of drug-likeness (QED) is 0.647. The summed E-state index contributed by atoms with van der Waals surface area (Å²) in [6.07, 6.45) is 2.83. The maximum absolute atomic E-state index is 13.3. The molecule has 1 aromatic carbocycles. The number of rotatable bonds is 6. The van der Waals surface area contributed by atoms with Crippen LogP contribution in [-0.2, 0) is 4.79 Å². The lowest BCUT2D eigenvalue weighted by Crippen LogP contribution is -2.40.